The van der Waals surface area contributed by atoms with Crippen molar-refractivity contribution in [3.8, 4) is 34.2 Å². The van der Waals surface area contributed by atoms with E-state index in [4.69, 9.17) is 4.98 Å². The van der Waals surface area contributed by atoms with Gasteiger partial charge in [0.1, 0.15) is 0 Å². The molecule has 0 aliphatic heterocycles. The molecule has 8 heteroatoms. The minimum absolute atomic E-state index is 0.393. The van der Waals surface area contributed by atoms with Gasteiger partial charge in [0.05, 0.1) is 11.9 Å². The van der Waals surface area contributed by atoms with Crippen molar-refractivity contribution in [3.05, 3.63) is 78.9 Å². The fourth-order valence-corrected chi connectivity index (χ4v) is 4.03. The molecule has 0 radical (unpaired) electrons. The van der Waals surface area contributed by atoms with E-state index in [2.05, 4.69) is 14.7 Å². The Balaban J connectivity index is 1.90. The lowest BCUT2D eigenvalue weighted by atomic mass is 10.1. The zero-order valence-corrected chi connectivity index (χ0v) is 18.6. The molecule has 0 saturated carbocycles. The third-order valence-corrected chi connectivity index (χ3v) is 5.81. The summed E-state index contributed by atoms with van der Waals surface area (Å²) in [4.78, 5) is 15.2. The van der Waals surface area contributed by atoms with E-state index in [0.29, 0.717) is 28.7 Å². The van der Waals surface area contributed by atoms with Crippen molar-refractivity contribution < 1.29 is 8.42 Å². The SMILES string of the molecule is CSc1ccc(-c2nc(-c3ccccc3)nc(-c3ccccc3NS(C)(=O)=O)n2)cc1. The van der Waals surface area contributed by atoms with Crippen LogP contribution >= 0.6 is 11.8 Å². The highest BCUT2D eigenvalue weighted by molar-refractivity contribution is 7.98. The predicted octanol–water partition coefficient (Wildman–Crippen LogP) is 4.97. The lowest BCUT2D eigenvalue weighted by Gasteiger charge is -2.12. The van der Waals surface area contributed by atoms with Crippen LogP contribution in [0.5, 0.6) is 0 Å². The van der Waals surface area contributed by atoms with E-state index in [1.807, 2.05) is 66.9 Å². The Bertz CT molecular complexity index is 1310. The van der Waals surface area contributed by atoms with Gasteiger partial charge in [0.15, 0.2) is 17.5 Å². The van der Waals surface area contributed by atoms with Gasteiger partial charge in [-0.2, -0.15) is 0 Å². The van der Waals surface area contributed by atoms with E-state index < -0.39 is 10.0 Å². The molecular formula is C23H20N4O2S2. The van der Waals surface area contributed by atoms with Gasteiger partial charge < -0.3 is 0 Å². The second kappa shape index (κ2) is 8.87. The Morgan fingerprint density at radius 1 is 0.710 bits per heavy atom. The fraction of sp³-hybridized carbons (Fsp3) is 0.0870. The highest BCUT2D eigenvalue weighted by Crippen LogP contribution is 2.30. The van der Waals surface area contributed by atoms with Crippen LogP contribution in [0.1, 0.15) is 0 Å². The van der Waals surface area contributed by atoms with E-state index in [-0.39, 0.29) is 0 Å². The summed E-state index contributed by atoms with van der Waals surface area (Å²) in [5, 5.41) is 0. The molecule has 0 aliphatic rings. The van der Waals surface area contributed by atoms with E-state index in [0.717, 1.165) is 22.3 Å². The largest absolute Gasteiger partial charge is 0.283 e. The number of benzene rings is 3. The molecule has 1 aromatic heterocycles. The molecular weight excluding hydrogens is 428 g/mol. The van der Waals surface area contributed by atoms with E-state index in [9.17, 15) is 8.42 Å². The van der Waals surface area contributed by atoms with Gasteiger partial charge >= 0.3 is 0 Å². The van der Waals surface area contributed by atoms with Crippen molar-refractivity contribution in [3.63, 3.8) is 0 Å². The molecule has 1 N–H and O–H groups in total. The monoisotopic (exact) mass is 448 g/mol. The lowest BCUT2D eigenvalue weighted by Crippen LogP contribution is -2.11. The molecule has 4 rings (SSSR count). The normalized spacial score (nSPS) is 11.3. The maximum absolute atomic E-state index is 11.9. The smallest absolute Gasteiger partial charge is 0.229 e. The van der Waals surface area contributed by atoms with Gasteiger partial charge in [0, 0.05) is 21.6 Å². The van der Waals surface area contributed by atoms with Gasteiger partial charge in [-0.15, -0.1) is 11.8 Å². The summed E-state index contributed by atoms with van der Waals surface area (Å²) in [5.41, 5.74) is 2.70. The zero-order chi connectivity index (χ0) is 21.8. The third kappa shape index (κ3) is 5.10. The Morgan fingerprint density at radius 2 is 1.26 bits per heavy atom. The minimum atomic E-state index is -3.46. The predicted molar refractivity (Wildman–Crippen MR) is 126 cm³/mol. The first kappa shape index (κ1) is 21.0. The van der Waals surface area contributed by atoms with Crippen LogP contribution < -0.4 is 4.72 Å². The fourth-order valence-electron chi connectivity index (χ4n) is 3.05. The number of thioether (sulfide) groups is 1. The van der Waals surface area contributed by atoms with Crippen LogP contribution in [0.25, 0.3) is 34.2 Å². The molecule has 0 saturated heterocycles. The number of aromatic nitrogens is 3. The molecule has 156 valence electrons. The Labute approximate surface area is 185 Å². The summed E-state index contributed by atoms with van der Waals surface area (Å²) >= 11 is 1.66. The summed E-state index contributed by atoms with van der Waals surface area (Å²) in [6.45, 7) is 0. The minimum Gasteiger partial charge on any atom is -0.283 e. The number of rotatable bonds is 6. The Hall–Kier alpha value is -3.23. The van der Waals surface area contributed by atoms with Crippen LogP contribution in [0.3, 0.4) is 0 Å². The van der Waals surface area contributed by atoms with Gasteiger partial charge in [-0.05, 0) is 30.5 Å². The highest BCUT2D eigenvalue weighted by atomic mass is 32.2. The maximum atomic E-state index is 11.9. The van der Waals surface area contributed by atoms with Gasteiger partial charge in [-0.25, -0.2) is 23.4 Å². The number of para-hydroxylation sites is 1. The van der Waals surface area contributed by atoms with E-state index in [1.54, 1.807) is 30.0 Å². The van der Waals surface area contributed by atoms with Gasteiger partial charge in [0.2, 0.25) is 10.0 Å². The average Bonchev–Trinajstić information content (AvgIpc) is 2.79. The summed E-state index contributed by atoms with van der Waals surface area (Å²) in [6.07, 6.45) is 3.14. The molecule has 0 atom stereocenters. The summed E-state index contributed by atoms with van der Waals surface area (Å²) in [7, 11) is -3.46. The molecule has 1 heterocycles. The number of sulfonamides is 1. The number of nitrogens with one attached hydrogen (secondary N) is 1. The van der Waals surface area contributed by atoms with E-state index >= 15 is 0 Å². The van der Waals surface area contributed by atoms with Crippen LogP contribution in [-0.4, -0.2) is 35.9 Å². The first-order valence-corrected chi connectivity index (χ1v) is 12.6. The second-order valence-corrected chi connectivity index (χ2v) is 9.45. The molecule has 31 heavy (non-hydrogen) atoms. The summed E-state index contributed by atoms with van der Waals surface area (Å²) in [6, 6.07) is 24.7. The van der Waals surface area contributed by atoms with Crippen molar-refractivity contribution in [2.24, 2.45) is 0 Å². The van der Waals surface area contributed by atoms with Crippen LogP contribution in [0, 0.1) is 0 Å². The number of nitrogens with zero attached hydrogens (tertiary/aromatic N) is 3. The van der Waals surface area contributed by atoms with Crippen LogP contribution in [0.15, 0.2) is 83.8 Å². The second-order valence-electron chi connectivity index (χ2n) is 6.82. The van der Waals surface area contributed by atoms with Gasteiger partial charge in [0.25, 0.3) is 0 Å². The van der Waals surface area contributed by atoms with Crippen molar-refractivity contribution in [2.45, 2.75) is 4.90 Å². The molecule has 0 bridgehead atoms. The standard InChI is InChI=1S/C23H20N4O2S2/c1-30-18-14-12-17(13-15-18)22-24-21(16-8-4-3-5-9-16)25-23(26-22)19-10-6-7-11-20(19)27-31(2,28)29/h3-15,27H,1-2H3. The molecule has 6 nitrogen and oxygen atoms in total. The molecule has 0 aliphatic carbocycles. The molecule has 0 unspecified atom stereocenters. The first-order valence-electron chi connectivity index (χ1n) is 9.46. The quantitative estimate of drug-likeness (QED) is 0.420. The van der Waals surface area contributed by atoms with Crippen molar-refractivity contribution >= 4 is 27.5 Å². The molecule has 0 amide bonds. The average molecular weight is 449 g/mol. The molecule has 3 aromatic carbocycles. The maximum Gasteiger partial charge on any atom is 0.229 e. The van der Waals surface area contributed by atoms with Crippen molar-refractivity contribution in [2.75, 3.05) is 17.2 Å². The molecule has 0 spiro atoms. The molecule has 4 aromatic rings. The number of hydrogen-bond acceptors (Lipinski definition) is 6. The number of anilines is 1. The topological polar surface area (TPSA) is 84.8 Å². The van der Waals surface area contributed by atoms with Crippen LogP contribution in [-0.2, 0) is 10.0 Å². The van der Waals surface area contributed by atoms with Crippen molar-refractivity contribution in [1.82, 2.24) is 15.0 Å². The molecule has 0 fully saturated rings. The van der Waals surface area contributed by atoms with Crippen molar-refractivity contribution in [1.29, 1.82) is 0 Å². The van der Waals surface area contributed by atoms with Crippen LogP contribution in [0.2, 0.25) is 0 Å². The zero-order valence-electron chi connectivity index (χ0n) is 17.0. The first-order chi connectivity index (χ1) is 14.9. The number of hydrogen-bond donors (Lipinski definition) is 1. The Morgan fingerprint density at radius 3 is 1.87 bits per heavy atom. The lowest BCUT2D eigenvalue weighted by molar-refractivity contribution is 0.607. The Kier molecular flexibility index (Phi) is 6.01. The third-order valence-electron chi connectivity index (χ3n) is 4.48. The summed E-state index contributed by atoms with van der Waals surface area (Å²) < 4.78 is 26.3. The van der Waals surface area contributed by atoms with Gasteiger partial charge in [-0.1, -0.05) is 54.6 Å². The summed E-state index contributed by atoms with van der Waals surface area (Å²) in [5.74, 6) is 1.43. The highest BCUT2D eigenvalue weighted by Gasteiger charge is 2.16. The van der Waals surface area contributed by atoms with Gasteiger partial charge in [-0.3, -0.25) is 4.72 Å². The van der Waals surface area contributed by atoms with E-state index in [1.165, 1.54) is 0 Å². The van der Waals surface area contributed by atoms with Crippen LogP contribution in [0.4, 0.5) is 5.69 Å².